The Morgan fingerprint density at radius 3 is 2.03 bits per heavy atom. The van der Waals surface area contributed by atoms with Gasteiger partial charge in [-0.2, -0.15) is 0 Å². The van der Waals surface area contributed by atoms with Crippen LogP contribution >= 0.6 is 11.6 Å². The number of carbonyl (C=O) groups excluding carboxylic acids is 1. The molecule has 3 rings (SSSR count). The third-order valence-electron chi connectivity index (χ3n) is 5.54. The van der Waals surface area contributed by atoms with E-state index in [4.69, 9.17) is 21.1 Å². The number of hydrogen-bond acceptors (Lipinski definition) is 5. The first-order chi connectivity index (χ1) is 17.5. The van der Waals surface area contributed by atoms with Crippen molar-refractivity contribution in [3.05, 3.63) is 83.4 Å². The van der Waals surface area contributed by atoms with Gasteiger partial charge in [-0.15, -0.1) is 0 Å². The van der Waals surface area contributed by atoms with E-state index in [0.29, 0.717) is 28.8 Å². The summed E-state index contributed by atoms with van der Waals surface area (Å²) in [6, 6.07) is 20.2. The average molecular weight is 545 g/mol. The zero-order chi connectivity index (χ0) is 27.1. The van der Waals surface area contributed by atoms with Crippen LogP contribution in [-0.4, -0.2) is 40.6 Å². The number of anilines is 1. The number of ether oxygens (including phenoxy) is 2. The van der Waals surface area contributed by atoms with Crippen molar-refractivity contribution in [1.29, 1.82) is 0 Å². The van der Waals surface area contributed by atoms with E-state index < -0.39 is 22.5 Å². The Hall–Kier alpha value is -3.23. The Morgan fingerprint density at radius 1 is 0.892 bits per heavy atom. The van der Waals surface area contributed by atoms with E-state index in [-0.39, 0.29) is 23.5 Å². The number of nitrogens with zero attached hydrogens (tertiary/aromatic N) is 1. The monoisotopic (exact) mass is 544 g/mol. The number of rotatable bonds is 11. The number of amides is 1. The second-order valence-electron chi connectivity index (χ2n) is 9.37. The highest BCUT2D eigenvalue weighted by molar-refractivity contribution is 7.92. The minimum Gasteiger partial charge on any atom is -0.494 e. The molecule has 1 amide bonds. The zero-order valence-electron chi connectivity index (χ0n) is 21.5. The molecule has 0 spiro atoms. The molecule has 3 aromatic carbocycles. The minimum atomic E-state index is -4.04. The van der Waals surface area contributed by atoms with E-state index in [0.717, 1.165) is 4.31 Å². The van der Waals surface area contributed by atoms with Gasteiger partial charge >= 0.3 is 0 Å². The van der Waals surface area contributed by atoms with E-state index in [9.17, 15) is 13.2 Å². The van der Waals surface area contributed by atoms with Crippen LogP contribution in [0.3, 0.4) is 0 Å². The average Bonchev–Trinajstić information content (AvgIpc) is 2.86. The summed E-state index contributed by atoms with van der Waals surface area (Å²) in [4.78, 5) is 12.8. The molecule has 7 nitrogen and oxygen atoms in total. The standard InChI is InChI=1S/C28H33ClN2O5S/c1-5-35-24-14-10-23(11-15-24)31(37(33,34)26-16-8-22(29)9-17-26)20-27(32)30-18-19-36-25-12-6-21(7-13-25)28(2,3)4/h6-17H,5,18-20H2,1-4H3,(H,30,32). The molecule has 0 fully saturated rings. The zero-order valence-corrected chi connectivity index (χ0v) is 23.1. The van der Waals surface area contributed by atoms with Crippen molar-refractivity contribution in [2.75, 3.05) is 30.6 Å². The second-order valence-corrected chi connectivity index (χ2v) is 11.7. The van der Waals surface area contributed by atoms with Crippen LogP contribution in [-0.2, 0) is 20.2 Å². The van der Waals surface area contributed by atoms with Crippen LogP contribution in [0.4, 0.5) is 5.69 Å². The maximum atomic E-state index is 13.5. The van der Waals surface area contributed by atoms with Crippen LogP contribution in [0.1, 0.15) is 33.3 Å². The largest absolute Gasteiger partial charge is 0.494 e. The maximum Gasteiger partial charge on any atom is 0.264 e. The number of carbonyl (C=O) groups is 1. The molecule has 1 N–H and O–H groups in total. The fourth-order valence-corrected chi connectivity index (χ4v) is 5.07. The Morgan fingerprint density at radius 2 is 1.46 bits per heavy atom. The molecule has 9 heteroatoms. The summed E-state index contributed by atoms with van der Waals surface area (Å²) in [5.74, 6) is 0.842. The smallest absolute Gasteiger partial charge is 0.264 e. The quantitative estimate of drug-likeness (QED) is 0.325. The summed E-state index contributed by atoms with van der Waals surface area (Å²) in [6.07, 6.45) is 0. The summed E-state index contributed by atoms with van der Waals surface area (Å²) in [5, 5.41) is 3.15. The molecule has 0 heterocycles. The first-order valence-electron chi connectivity index (χ1n) is 12.0. The number of nitrogens with one attached hydrogen (secondary N) is 1. The first kappa shape index (κ1) is 28.3. The second kappa shape index (κ2) is 12.3. The topological polar surface area (TPSA) is 84.9 Å². The van der Waals surface area contributed by atoms with Gasteiger partial charge in [0.15, 0.2) is 0 Å². The Bertz CT molecular complexity index is 1270. The number of benzene rings is 3. The molecule has 0 radical (unpaired) electrons. The van der Waals surface area contributed by atoms with E-state index in [2.05, 4.69) is 26.1 Å². The van der Waals surface area contributed by atoms with Crippen LogP contribution in [0, 0.1) is 0 Å². The van der Waals surface area contributed by atoms with Gasteiger partial charge in [0.25, 0.3) is 10.0 Å². The van der Waals surface area contributed by atoms with E-state index in [1.54, 1.807) is 24.3 Å². The van der Waals surface area contributed by atoms with Crippen molar-refractivity contribution in [3.63, 3.8) is 0 Å². The van der Waals surface area contributed by atoms with Crippen molar-refractivity contribution >= 4 is 33.2 Å². The lowest BCUT2D eigenvalue weighted by molar-refractivity contribution is -0.119. The van der Waals surface area contributed by atoms with Gasteiger partial charge in [-0.1, -0.05) is 44.5 Å². The van der Waals surface area contributed by atoms with Gasteiger partial charge in [0, 0.05) is 5.02 Å². The molecule has 37 heavy (non-hydrogen) atoms. The van der Waals surface area contributed by atoms with Gasteiger partial charge in [-0.05, 0) is 78.6 Å². The molecule has 0 bridgehead atoms. The van der Waals surface area contributed by atoms with Crippen molar-refractivity contribution in [2.24, 2.45) is 0 Å². The molecule has 3 aromatic rings. The molecule has 0 aliphatic rings. The van der Waals surface area contributed by atoms with E-state index in [1.807, 2.05) is 31.2 Å². The number of halogens is 1. The third kappa shape index (κ3) is 7.87. The summed E-state index contributed by atoms with van der Waals surface area (Å²) in [5.41, 5.74) is 1.59. The fraction of sp³-hybridized carbons (Fsp3) is 0.321. The summed E-state index contributed by atoms with van der Waals surface area (Å²) < 4.78 is 39.1. The van der Waals surface area contributed by atoms with Crippen LogP contribution < -0.4 is 19.1 Å². The van der Waals surface area contributed by atoms with Gasteiger partial charge in [0.1, 0.15) is 24.7 Å². The Labute approximate surface area is 224 Å². The Balaban J connectivity index is 1.67. The lowest BCUT2D eigenvalue weighted by Crippen LogP contribution is -2.41. The fourth-order valence-electron chi connectivity index (χ4n) is 3.52. The highest BCUT2D eigenvalue weighted by atomic mass is 35.5. The normalized spacial score (nSPS) is 11.6. The molecular weight excluding hydrogens is 512 g/mol. The molecule has 0 unspecified atom stereocenters. The minimum absolute atomic E-state index is 0.0284. The van der Waals surface area contributed by atoms with Crippen molar-refractivity contribution < 1.29 is 22.7 Å². The summed E-state index contributed by atoms with van der Waals surface area (Å²) >= 11 is 5.93. The predicted molar refractivity (Wildman–Crippen MR) is 147 cm³/mol. The van der Waals surface area contributed by atoms with Crippen LogP contribution in [0.25, 0.3) is 0 Å². The van der Waals surface area contributed by atoms with Gasteiger partial charge < -0.3 is 14.8 Å². The van der Waals surface area contributed by atoms with Crippen molar-refractivity contribution in [3.8, 4) is 11.5 Å². The van der Waals surface area contributed by atoms with Crippen LogP contribution in [0.15, 0.2) is 77.7 Å². The molecule has 0 atom stereocenters. The molecule has 0 aliphatic heterocycles. The molecule has 0 saturated carbocycles. The molecule has 0 aromatic heterocycles. The lowest BCUT2D eigenvalue weighted by Gasteiger charge is -2.24. The molecule has 198 valence electrons. The molecular formula is C28H33ClN2O5S. The highest BCUT2D eigenvalue weighted by Gasteiger charge is 2.27. The van der Waals surface area contributed by atoms with Gasteiger partial charge in [-0.25, -0.2) is 8.42 Å². The van der Waals surface area contributed by atoms with Gasteiger partial charge in [-0.3, -0.25) is 9.10 Å². The lowest BCUT2D eigenvalue weighted by atomic mass is 9.87. The van der Waals surface area contributed by atoms with Crippen molar-refractivity contribution in [2.45, 2.75) is 38.0 Å². The van der Waals surface area contributed by atoms with E-state index >= 15 is 0 Å². The first-order valence-corrected chi connectivity index (χ1v) is 13.8. The van der Waals surface area contributed by atoms with E-state index in [1.165, 1.54) is 29.8 Å². The third-order valence-corrected chi connectivity index (χ3v) is 7.58. The van der Waals surface area contributed by atoms with Gasteiger partial charge in [0.05, 0.1) is 23.7 Å². The SMILES string of the molecule is CCOc1ccc(N(CC(=O)NCCOc2ccc(C(C)(C)C)cc2)S(=O)(=O)c2ccc(Cl)cc2)cc1. The van der Waals surface area contributed by atoms with Gasteiger partial charge in [0.2, 0.25) is 5.91 Å². The molecule has 0 saturated heterocycles. The number of hydrogen-bond donors (Lipinski definition) is 1. The van der Waals surface area contributed by atoms with Crippen molar-refractivity contribution in [1.82, 2.24) is 5.32 Å². The summed E-state index contributed by atoms with van der Waals surface area (Å²) in [6.45, 7) is 8.83. The van der Waals surface area contributed by atoms with Crippen LogP contribution in [0.5, 0.6) is 11.5 Å². The molecule has 0 aliphatic carbocycles. The highest BCUT2D eigenvalue weighted by Crippen LogP contribution is 2.27. The predicted octanol–water partition coefficient (Wildman–Crippen LogP) is 5.43. The Kier molecular flexibility index (Phi) is 9.45. The summed E-state index contributed by atoms with van der Waals surface area (Å²) in [7, 11) is -4.04. The maximum absolute atomic E-state index is 13.5. The van der Waals surface area contributed by atoms with Crippen LogP contribution in [0.2, 0.25) is 5.02 Å². The number of sulfonamides is 1.